The van der Waals surface area contributed by atoms with Crippen molar-refractivity contribution in [2.24, 2.45) is 0 Å². The van der Waals surface area contributed by atoms with Gasteiger partial charge in [-0.25, -0.2) is 4.79 Å². The van der Waals surface area contributed by atoms with E-state index >= 15 is 0 Å². The summed E-state index contributed by atoms with van der Waals surface area (Å²) in [7, 11) is 0. The van der Waals surface area contributed by atoms with Crippen LogP contribution in [0.5, 0.6) is 5.75 Å². The van der Waals surface area contributed by atoms with Gasteiger partial charge in [0.2, 0.25) is 0 Å². The number of nitrogens with zero attached hydrogens (tertiary/aromatic N) is 1. The highest BCUT2D eigenvalue weighted by atomic mass is 35.5. The number of imide groups is 1. The van der Waals surface area contributed by atoms with E-state index in [1.807, 2.05) is 0 Å². The van der Waals surface area contributed by atoms with Crippen molar-refractivity contribution in [2.45, 2.75) is 6.92 Å². The number of Topliss-reactive ketones (excluding diaryl/α,β-unsaturated/α-hetero) is 1. The molecule has 2 aromatic carbocycles. The van der Waals surface area contributed by atoms with Crippen LogP contribution in [0.2, 0.25) is 5.02 Å². The van der Waals surface area contributed by atoms with E-state index in [4.69, 9.17) is 21.1 Å². The Morgan fingerprint density at radius 2 is 1.74 bits per heavy atom. The highest BCUT2D eigenvalue weighted by Gasteiger charge is 2.36. The van der Waals surface area contributed by atoms with Crippen LogP contribution in [-0.4, -0.2) is 47.6 Å². The fraction of sp³-hybridized carbons (Fsp3) is 0.182. The van der Waals surface area contributed by atoms with Gasteiger partial charge in [0.15, 0.2) is 12.4 Å². The number of amides is 2. The molecule has 0 aliphatic carbocycles. The van der Waals surface area contributed by atoms with Gasteiger partial charge in [-0.1, -0.05) is 23.7 Å². The van der Waals surface area contributed by atoms with Gasteiger partial charge in [-0.05, 0) is 66.7 Å². The molecule has 1 aliphatic rings. The van der Waals surface area contributed by atoms with Crippen LogP contribution in [0.15, 0.2) is 53.4 Å². The van der Waals surface area contributed by atoms with Crippen molar-refractivity contribution in [1.29, 1.82) is 0 Å². The molecule has 7 nitrogen and oxygen atoms in total. The monoisotopic (exact) mass is 459 g/mol. The molecule has 1 fully saturated rings. The molecule has 0 bridgehead atoms. The van der Waals surface area contributed by atoms with E-state index in [0.29, 0.717) is 21.9 Å². The number of ketones is 1. The molecule has 160 valence electrons. The number of ether oxygens (including phenoxy) is 2. The summed E-state index contributed by atoms with van der Waals surface area (Å²) in [6.45, 7) is 1.45. The minimum atomic E-state index is -0.528. The second kappa shape index (κ2) is 10.3. The van der Waals surface area contributed by atoms with E-state index < -0.39 is 17.1 Å². The predicted octanol–water partition coefficient (Wildman–Crippen LogP) is 4.20. The fourth-order valence-corrected chi connectivity index (χ4v) is 3.63. The molecule has 31 heavy (non-hydrogen) atoms. The summed E-state index contributed by atoms with van der Waals surface area (Å²) >= 11 is 6.59. The molecule has 0 unspecified atom stereocenters. The number of halogens is 1. The third-order valence-electron chi connectivity index (χ3n) is 4.18. The Hall–Kier alpha value is -3.10. The molecule has 3 rings (SSSR count). The smallest absolute Gasteiger partial charge is 0.344 e. The Labute approximate surface area is 188 Å². The first-order chi connectivity index (χ1) is 14.9. The van der Waals surface area contributed by atoms with Crippen LogP contribution >= 0.6 is 23.4 Å². The lowest BCUT2D eigenvalue weighted by Gasteiger charge is -2.11. The first kappa shape index (κ1) is 22.6. The number of carbonyl (C=O) groups is 4. The van der Waals surface area contributed by atoms with Crippen molar-refractivity contribution >= 4 is 52.3 Å². The lowest BCUT2D eigenvalue weighted by atomic mass is 10.1. The quantitative estimate of drug-likeness (QED) is 0.332. The highest BCUT2D eigenvalue weighted by Crippen LogP contribution is 2.32. The summed E-state index contributed by atoms with van der Waals surface area (Å²) in [6.07, 6.45) is 1.56. The first-order valence-electron chi connectivity index (χ1n) is 9.30. The highest BCUT2D eigenvalue weighted by molar-refractivity contribution is 8.18. The normalized spacial score (nSPS) is 14.8. The first-order valence-corrected chi connectivity index (χ1v) is 10.5. The van der Waals surface area contributed by atoms with Crippen molar-refractivity contribution in [2.75, 3.05) is 19.8 Å². The molecule has 2 aromatic rings. The van der Waals surface area contributed by atoms with E-state index in [-0.39, 0.29) is 30.4 Å². The van der Waals surface area contributed by atoms with E-state index in [0.717, 1.165) is 16.7 Å². The third-order valence-corrected chi connectivity index (χ3v) is 5.34. The number of hydrogen-bond donors (Lipinski definition) is 0. The maximum absolute atomic E-state index is 12.6. The average Bonchev–Trinajstić information content (AvgIpc) is 3.01. The van der Waals surface area contributed by atoms with E-state index in [9.17, 15) is 19.2 Å². The second-order valence-corrected chi connectivity index (χ2v) is 7.79. The number of esters is 1. The van der Waals surface area contributed by atoms with Gasteiger partial charge in [0.05, 0.1) is 18.1 Å². The number of rotatable bonds is 8. The number of benzene rings is 2. The van der Waals surface area contributed by atoms with E-state index in [1.165, 1.54) is 0 Å². The molecule has 1 aliphatic heterocycles. The number of carbonyl (C=O) groups excluding carboxylic acids is 4. The van der Waals surface area contributed by atoms with Crippen LogP contribution in [0.4, 0.5) is 4.79 Å². The number of hydrogen-bond acceptors (Lipinski definition) is 7. The van der Waals surface area contributed by atoms with Crippen LogP contribution in [0.3, 0.4) is 0 Å². The molecular weight excluding hydrogens is 442 g/mol. The predicted molar refractivity (Wildman–Crippen MR) is 117 cm³/mol. The summed E-state index contributed by atoms with van der Waals surface area (Å²) in [4.78, 5) is 49.7. The van der Waals surface area contributed by atoms with Gasteiger partial charge < -0.3 is 9.47 Å². The van der Waals surface area contributed by atoms with Crippen molar-refractivity contribution < 1.29 is 28.7 Å². The SMILES string of the molecule is CCOC(=O)COc1ccc(/C=C2\SC(=O)N(CC(=O)c3ccc(Cl)cc3)C2=O)cc1. The largest absolute Gasteiger partial charge is 0.482 e. The van der Waals surface area contributed by atoms with Crippen molar-refractivity contribution in [3.63, 3.8) is 0 Å². The van der Waals surface area contributed by atoms with Gasteiger partial charge in [-0.15, -0.1) is 0 Å². The Morgan fingerprint density at radius 3 is 2.39 bits per heavy atom. The van der Waals surface area contributed by atoms with Gasteiger partial charge in [0, 0.05) is 10.6 Å². The Kier molecular flexibility index (Phi) is 7.49. The van der Waals surface area contributed by atoms with Crippen LogP contribution in [0.25, 0.3) is 6.08 Å². The van der Waals surface area contributed by atoms with Crippen LogP contribution in [-0.2, 0) is 14.3 Å². The molecule has 0 atom stereocenters. The zero-order valence-electron chi connectivity index (χ0n) is 16.5. The average molecular weight is 460 g/mol. The standard InChI is InChI=1S/C22H18ClNO6S/c1-2-29-20(26)13-30-17-9-3-14(4-10-17)11-19-21(27)24(22(28)31-19)12-18(25)15-5-7-16(23)8-6-15/h3-11H,2,12-13H2,1H3/b19-11-. The van der Waals surface area contributed by atoms with Crippen molar-refractivity contribution in [3.05, 3.63) is 69.6 Å². The summed E-state index contributed by atoms with van der Waals surface area (Å²) in [5.41, 5.74) is 1.03. The van der Waals surface area contributed by atoms with Gasteiger partial charge in [0.1, 0.15) is 5.75 Å². The number of thioether (sulfide) groups is 1. The summed E-state index contributed by atoms with van der Waals surface area (Å²) < 4.78 is 10.1. The molecule has 0 aromatic heterocycles. The lowest BCUT2D eigenvalue weighted by molar-refractivity contribution is -0.145. The molecule has 1 saturated heterocycles. The summed E-state index contributed by atoms with van der Waals surface area (Å²) in [6, 6.07) is 12.9. The Morgan fingerprint density at radius 1 is 1.06 bits per heavy atom. The molecular formula is C22H18ClNO6S. The fourth-order valence-electron chi connectivity index (χ4n) is 2.66. The van der Waals surface area contributed by atoms with Gasteiger partial charge in [-0.3, -0.25) is 19.3 Å². The topological polar surface area (TPSA) is 90.0 Å². The molecule has 1 heterocycles. The maximum atomic E-state index is 12.6. The molecule has 0 N–H and O–H groups in total. The minimum absolute atomic E-state index is 0.201. The zero-order valence-corrected chi connectivity index (χ0v) is 18.1. The Balaban J connectivity index is 1.63. The van der Waals surface area contributed by atoms with Gasteiger partial charge in [0.25, 0.3) is 11.1 Å². The van der Waals surface area contributed by atoms with Crippen LogP contribution in [0, 0.1) is 0 Å². The zero-order chi connectivity index (χ0) is 22.4. The van der Waals surface area contributed by atoms with Crippen LogP contribution < -0.4 is 4.74 Å². The second-order valence-electron chi connectivity index (χ2n) is 6.36. The molecule has 0 radical (unpaired) electrons. The molecule has 2 amide bonds. The van der Waals surface area contributed by atoms with Gasteiger partial charge in [-0.2, -0.15) is 0 Å². The minimum Gasteiger partial charge on any atom is -0.482 e. The maximum Gasteiger partial charge on any atom is 0.344 e. The molecule has 0 spiro atoms. The molecule has 9 heteroatoms. The van der Waals surface area contributed by atoms with Crippen molar-refractivity contribution in [1.82, 2.24) is 4.90 Å². The van der Waals surface area contributed by atoms with Crippen molar-refractivity contribution in [3.8, 4) is 5.75 Å². The van der Waals surface area contributed by atoms with E-state index in [2.05, 4.69) is 0 Å². The summed E-state index contributed by atoms with van der Waals surface area (Å²) in [5, 5.41) is -0.0177. The van der Waals surface area contributed by atoms with Crippen LogP contribution in [0.1, 0.15) is 22.8 Å². The third kappa shape index (κ3) is 5.96. The lowest BCUT2D eigenvalue weighted by Crippen LogP contribution is -2.33. The van der Waals surface area contributed by atoms with E-state index in [1.54, 1.807) is 61.5 Å². The molecule has 0 saturated carbocycles. The Bertz CT molecular complexity index is 1030. The van der Waals surface area contributed by atoms with Gasteiger partial charge >= 0.3 is 5.97 Å². The summed E-state index contributed by atoms with van der Waals surface area (Å²) in [5.74, 6) is -0.886.